The third-order valence-electron chi connectivity index (χ3n) is 1.56. The molecule has 0 aliphatic heterocycles. The van der Waals surface area contributed by atoms with Gasteiger partial charge in [-0.25, -0.2) is 4.68 Å². The fraction of sp³-hybridized carbons (Fsp3) is 0.375. The van der Waals surface area contributed by atoms with Crippen LogP contribution in [0.5, 0.6) is 0 Å². The average Bonchev–Trinajstić information content (AvgIpc) is 2.19. The van der Waals surface area contributed by atoms with Crippen molar-refractivity contribution < 1.29 is 0 Å². The minimum atomic E-state index is -0.298. The molecule has 0 saturated carbocycles. The first-order valence-electron chi connectivity index (χ1n) is 4.16. The van der Waals surface area contributed by atoms with Gasteiger partial charge in [-0.1, -0.05) is 0 Å². The topological polar surface area (TPSA) is 96.7 Å². The molecule has 0 aliphatic rings. The molecule has 0 aromatic carbocycles. The zero-order valence-electron chi connectivity index (χ0n) is 7.60. The van der Waals surface area contributed by atoms with Crippen molar-refractivity contribution in [2.24, 2.45) is 5.73 Å². The maximum atomic E-state index is 11.3. The highest BCUT2D eigenvalue weighted by molar-refractivity contribution is 5.38. The SMILES string of the molecule is N#CCn1ncc(NCCN)cc1=O. The number of hydrogen-bond donors (Lipinski definition) is 2. The lowest BCUT2D eigenvalue weighted by molar-refractivity contribution is 0.659. The highest BCUT2D eigenvalue weighted by Crippen LogP contribution is 1.97. The predicted molar refractivity (Wildman–Crippen MR) is 51.7 cm³/mol. The van der Waals surface area contributed by atoms with Gasteiger partial charge in [-0.05, 0) is 0 Å². The van der Waals surface area contributed by atoms with Crippen molar-refractivity contribution in [3.8, 4) is 6.07 Å². The Hall–Kier alpha value is -1.87. The van der Waals surface area contributed by atoms with Crippen LogP contribution in [0.2, 0.25) is 0 Å². The van der Waals surface area contributed by atoms with E-state index in [4.69, 9.17) is 11.0 Å². The van der Waals surface area contributed by atoms with Gasteiger partial charge < -0.3 is 11.1 Å². The Bertz CT molecular complexity index is 391. The summed E-state index contributed by atoms with van der Waals surface area (Å²) in [5.74, 6) is 0. The van der Waals surface area contributed by atoms with E-state index in [1.165, 1.54) is 12.3 Å². The van der Waals surface area contributed by atoms with Crippen molar-refractivity contribution in [3.63, 3.8) is 0 Å². The number of nitrogens with one attached hydrogen (secondary N) is 1. The van der Waals surface area contributed by atoms with Crippen LogP contribution in [-0.2, 0) is 6.54 Å². The zero-order chi connectivity index (χ0) is 10.4. The molecule has 0 saturated heterocycles. The van der Waals surface area contributed by atoms with E-state index in [-0.39, 0.29) is 12.1 Å². The van der Waals surface area contributed by atoms with E-state index in [2.05, 4.69) is 10.4 Å². The van der Waals surface area contributed by atoms with E-state index in [1.54, 1.807) is 0 Å². The van der Waals surface area contributed by atoms with Gasteiger partial charge in [-0.15, -0.1) is 0 Å². The van der Waals surface area contributed by atoms with Gasteiger partial charge in [0.15, 0.2) is 0 Å². The van der Waals surface area contributed by atoms with Crippen molar-refractivity contribution in [1.82, 2.24) is 9.78 Å². The normalized spacial score (nSPS) is 9.43. The summed E-state index contributed by atoms with van der Waals surface area (Å²) in [7, 11) is 0. The molecular formula is C8H11N5O. The van der Waals surface area contributed by atoms with Crippen LogP contribution in [0.1, 0.15) is 0 Å². The minimum absolute atomic E-state index is 0.0317. The molecule has 0 radical (unpaired) electrons. The highest BCUT2D eigenvalue weighted by Gasteiger charge is 1.97. The van der Waals surface area contributed by atoms with Crippen molar-refractivity contribution in [2.75, 3.05) is 18.4 Å². The monoisotopic (exact) mass is 193 g/mol. The Labute approximate surface area is 81.0 Å². The van der Waals surface area contributed by atoms with Gasteiger partial charge in [0.2, 0.25) is 0 Å². The Kier molecular flexibility index (Phi) is 3.64. The average molecular weight is 193 g/mol. The molecule has 1 aromatic heterocycles. The summed E-state index contributed by atoms with van der Waals surface area (Å²) in [4.78, 5) is 11.3. The summed E-state index contributed by atoms with van der Waals surface area (Å²) >= 11 is 0. The fourth-order valence-electron chi connectivity index (χ4n) is 0.933. The maximum Gasteiger partial charge on any atom is 0.269 e. The van der Waals surface area contributed by atoms with Gasteiger partial charge in [0.1, 0.15) is 6.54 Å². The standard InChI is InChI=1S/C8H11N5O/c9-1-3-11-7-5-8(14)13(4-2-10)12-6-7/h5-6,11H,1,3-4,9H2. The summed E-state index contributed by atoms with van der Waals surface area (Å²) in [6, 6.07) is 3.24. The Morgan fingerprint density at radius 3 is 3.07 bits per heavy atom. The fourth-order valence-corrected chi connectivity index (χ4v) is 0.933. The lowest BCUT2D eigenvalue weighted by Gasteiger charge is -2.04. The van der Waals surface area contributed by atoms with Gasteiger partial charge in [0, 0.05) is 19.2 Å². The van der Waals surface area contributed by atoms with E-state index in [0.717, 1.165) is 4.68 Å². The van der Waals surface area contributed by atoms with Crippen molar-refractivity contribution >= 4 is 5.69 Å². The summed E-state index contributed by atoms with van der Waals surface area (Å²) in [6.07, 6.45) is 1.49. The van der Waals surface area contributed by atoms with Crippen LogP contribution in [0.4, 0.5) is 5.69 Å². The number of rotatable bonds is 4. The van der Waals surface area contributed by atoms with Crippen molar-refractivity contribution in [2.45, 2.75) is 6.54 Å². The minimum Gasteiger partial charge on any atom is -0.382 e. The molecule has 6 nitrogen and oxygen atoms in total. The Morgan fingerprint density at radius 1 is 1.71 bits per heavy atom. The van der Waals surface area contributed by atoms with E-state index in [1.807, 2.05) is 6.07 Å². The lowest BCUT2D eigenvalue weighted by Crippen LogP contribution is -2.23. The van der Waals surface area contributed by atoms with E-state index in [9.17, 15) is 4.79 Å². The van der Waals surface area contributed by atoms with Crippen LogP contribution >= 0.6 is 0 Å². The molecule has 1 heterocycles. The molecule has 0 amide bonds. The number of nitrogens with zero attached hydrogens (tertiary/aromatic N) is 3. The predicted octanol–water partition coefficient (Wildman–Crippen LogP) is -0.863. The van der Waals surface area contributed by atoms with Crippen LogP contribution in [0, 0.1) is 11.3 Å². The Morgan fingerprint density at radius 2 is 2.50 bits per heavy atom. The second-order valence-electron chi connectivity index (χ2n) is 2.61. The first kappa shape index (κ1) is 10.2. The number of nitrogens with two attached hydrogens (primary N) is 1. The lowest BCUT2D eigenvalue weighted by atomic mass is 10.4. The molecule has 0 atom stereocenters. The third-order valence-corrected chi connectivity index (χ3v) is 1.56. The molecular weight excluding hydrogens is 182 g/mol. The maximum absolute atomic E-state index is 11.3. The summed E-state index contributed by atoms with van der Waals surface area (Å²) in [5, 5.41) is 15.1. The quantitative estimate of drug-likeness (QED) is 0.648. The molecule has 6 heteroatoms. The van der Waals surface area contributed by atoms with Gasteiger partial charge in [0.25, 0.3) is 5.56 Å². The van der Waals surface area contributed by atoms with Crippen LogP contribution in [0.3, 0.4) is 0 Å². The summed E-state index contributed by atoms with van der Waals surface area (Å²) in [6.45, 7) is 1.04. The molecule has 0 aliphatic carbocycles. The molecule has 74 valence electrons. The first-order valence-corrected chi connectivity index (χ1v) is 4.16. The third kappa shape index (κ3) is 2.57. The molecule has 3 N–H and O–H groups in total. The highest BCUT2D eigenvalue weighted by atomic mass is 16.1. The van der Waals surface area contributed by atoms with Gasteiger partial charge in [-0.3, -0.25) is 4.79 Å². The van der Waals surface area contributed by atoms with Crippen LogP contribution in [0.25, 0.3) is 0 Å². The van der Waals surface area contributed by atoms with Crippen molar-refractivity contribution in [3.05, 3.63) is 22.6 Å². The number of nitriles is 1. The zero-order valence-corrected chi connectivity index (χ0v) is 7.60. The van der Waals surface area contributed by atoms with Gasteiger partial charge >= 0.3 is 0 Å². The van der Waals surface area contributed by atoms with Crippen LogP contribution < -0.4 is 16.6 Å². The van der Waals surface area contributed by atoms with E-state index < -0.39 is 0 Å². The summed E-state index contributed by atoms with van der Waals surface area (Å²) in [5.41, 5.74) is 5.61. The first-order chi connectivity index (χ1) is 6.77. The van der Waals surface area contributed by atoms with Gasteiger partial charge in [0.05, 0.1) is 18.0 Å². The molecule has 0 fully saturated rings. The molecule has 14 heavy (non-hydrogen) atoms. The smallest absolute Gasteiger partial charge is 0.269 e. The molecule has 1 aromatic rings. The Balaban J connectivity index is 2.80. The largest absolute Gasteiger partial charge is 0.382 e. The molecule has 1 rings (SSSR count). The van der Waals surface area contributed by atoms with Crippen LogP contribution in [-0.4, -0.2) is 22.9 Å². The van der Waals surface area contributed by atoms with E-state index in [0.29, 0.717) is 18.8 Å². The number of anilines is 1. The second-order valence-corrected chi connectivity index (χ2v) is 2.61. The van der Waals surface area contributed by atoms with Crippen LogP contribution in [0.15, 0.2) is 17.1 Å². The second kappa shape index (κ2) is 4.99. The molecule has 0 spiro atoms. The van der Waals surface area contributed by atoms with Gasteiger partial charge in [-0.2, -0.15) is 10.4 Å². The number of hydrogen-bond acceptors (Lipinski definition) is 5. The molecule has 0 bridgehead atoms. The van der Waals surface area contributed by atoms with E-state index >= 15 is 0 Å². The molecule has 0 unspecified atom stereocenters. The van der Waals surface area contributed by atoms with Crippen molar-refractivity contribution in [1.29, 1.82) is 5.26 Å². The number of aromatic nitrogens is 2. The summed E-state index contributed by atoms with van der Waals surface area (Å²) < 4.78 is 1.09.